The molecule has 0 heterocycles. The van der Waals surface area contributed by atoms with E-state index >= 15 is 0 Å². The molecule has 0 atom stereocenters. The fourth-order valence-electron chi connectivity index (χ4n) is 1.89. The molecule has 0 fully saturated rings. The number of hydrogen-bond donors (Lipinski definition) is 0. The van der Waals surface area contributed by atoms with Gasteiger partial charge in [0.25, 0.3) is 0 Å². The molecule has 0 unspecified atom stereocenters. The van der Waals surface area contributed by atoms with Crippen molar-refractivity contribution in [1.82, 2.24) is 0 Å². The van der Waals surface area contributed by atoms with Gasteiger partial charge in [-0.1, -0.05) is 69.0 Å². The number of hydrogen-bond acceptors (Lipinski definition) is 0. The smallest absolute Gasteiger partial charge is 0.00232 e. The summed E-state index contributed by atoms with van der Waals surface area (Å²) < 4.78 is 0. The summed E-state index contributed by atoms with van der Waals surface area (Å²) in [4.78, 5) is 0. The molecule has 1 rings (SSSR count). The van der Waals surface area contributed by atoms with Crippen molar-refractivity contribution in [3.8, 4) is 0 Å². The Kier molecular flexibility index (Phi) is 6.09. The summed E-state index contributed by atoms with van der Waals surface area (Å²) in [7, 11) is 0. The molecule has 1 aromatic carbocycles. The summed E-state index contributed by atoms with van der Waals surface area (Å²) in [6, 6.07) is 8.66. The summed E-state index contributed by atoms with van der Waals surface area (Å²) in [5, 5.41) is 0. The Morgan fingerprint density at radius 3 is 2.47 bits per heavy atom. The van der Waals surface area contributed by atoms with E-state index in [0.717, 1.165) is 19.3 Å². The van der Waals surface area contributed by atoms with Crippen molar-refractivity contribution < 1.29 is 0 Å². The number of allylic oxidation sites excluding steroid dienone is 5. The van der Waals surface area contributed by atoms with Crippen molar-refractivity contribution in [2.75, 3.05) is 0 Å². The van der Waals surface area contributed by atoms with Gasteiger partial charge in [-0.15, -0.1) is 0 Å². The molecule has 0 amide bonds. The van der Waals surface area contributed by atoms with Gasteiger partial charge in [0.1, 0.15) is 0 Å². The summed E-state index contributed by atoms with van der Waals surface area (Å²) >= 11 is 0. The van der Waals surface area contributed by atoms with Crippen LogP contribution in [0.1, 0.15) is 31.4 Å². The largest absolute Gasteiger partial charge is 0.0991 e. The number of benzene rings is 1. The van der Waals surface area contributed by atoms with E-state index in [4.69, 9.17) is 0 Å². The van der Waals surface area contributed by atoms with E-state index < -0.39 is 0 Å². The Balaban J connectivity index is 2.89. The molecule has 0 spiro atoms. The SMILES string of the molecule is C=C/C=C(\C=C/CC)Cc1ccccc1CC. The summed E-state index contributed by atoms with van der Waals surface area (Å²) in [6.07, 6.45) is 11.5. The lowest BCUT2D eigenvalue weighted by atomic mass is 9.98. The van der Waals surface area contributed by atoms with Gasteiger partial charge in [-0.05, 0) is 36.0 Å². The van der Waals surface area contributed by atoms with Gasteiger partial charge < -0.3 is 0 Å². The first-order chi connectivity index (χ1) is 8.31. The maximum atomic E-state index is 3.78. The molecule has 0 aromatic heterocycles. The Morgan fingerprint density at radius 2 is 1.88 bits per heavy atom. The highest BCUT2D eigenvalue weighted by atomic mass is 14.1. The molecule has 0 aliphatic carbocycles. The van der Waals surface area contributed by atoms with Gasteiger partial charge in [0, 0.05) is 0 Å². The second-order valence-electron chi connectivity index (χ2n) is 4.09. The molecule has 0 aliphatic heterocycles. The highest BCUT2D eigenvalue weighted by Crippen LogP contribution is 2.15. The van der Waals surface area contributed by atoms with Crippen LogP contribution in [0.2, 0.25) is 0 Å². The van der Waals surface area contributed by atoms with E-state index in [-0.39, 0.29) is 0 Å². The van der Waals surface area contributed by atoms with Gasteiger partial charge in [0.2, 0.25) is 0 Å². The summed E-state index contributed by atoms with van der Waals surface area (Å²) in [5.41, 5.74) is 4.18. The Morgan fingerprint density at radius 1 is 1.18 bits per heavy atom. The van der Waals surface area contributed by atoms with Crippen LogP contribution in [0.15, 0.2) is 60.7 Å². The third-order valence-corrected chi connectivity index (χ3v) is 2.79. The van der Waals surface area contributed by atoms with Crippen LogP contribution in [0.3, 0.4) is 0 Å². The standard InChI is InChI=1S/C17H22/c1-4-7-11-15(10-5-2)14-17-13-9-8-12-16(17)6-3/h5,7-13H,2,4,6,14H2,1,3H3/b11-7-,15-10+. The maximum Gasteiger partial charge on any atom is -0.00232 e. The quantitative estimate of drug-likeness (QED) is 0.607. The third kappa shape index (κ3) is 4.44. The molecule has 0 bridgehead atoms. The van der Waals surface area contributed by atoms with Crippen LogP contribution in [0.5, 0.6) is 0 Å². The van der Waals surface area contributed by atoms with E-state index in [1.54, 1.807) is 0 Å². The van der Waals surface area contributed by atoms with Crippen LogP contribution >= 0.6 is 0 Å². The fourth-order valence-corrected chi connectivity index (χ4v) is 1.89. The first-order valence-electron chi connectivity index (χ1n) is 6.36. The van der Waals surface area contributed by atoms with Crippen LogP contribution in [0.25, 0.3) is 0 Å². The zero-order chi connectivity index (χ0) is 12.5. The summed E-state index contributed by atoms with van der Waals surface area (Å²) in [6.45, 7) is 8.14. The minimum Gasteiger partial charge on any atom is -0.0991 e. The van der Waals surface area contributed by atoms with E-state index in [2.05, 4.69) is 62.9 Å². The highest BCUT2D eigenvalue weighted by Gasteiger charge is 2.01. The van der Waals surface area contributed by atoms with Crippen molar-refractivity contribution in [3.05, 3.63) is 71.8 Å². The van der Waals surface area contributed by atoms with Crippen LogP contribution in [0.4, 0.5) is 0 Å². The molecule has 0 aliphatic rings. The van der Waals surface area contributed by atoms with Crippen molar-refractivity contribution in [3.63, 3.8) is 0 Å². The lowest BCUT2D eigenvalue weighted by Gasteiger charge is -2.08. The maximum absolute atomic E-state index is 3.78. The minimum absolute atomic E-state index is 0.993. The van der Waals surface area contributed by atoms with Crippen LogP contribution < -0.4 is 0 Å². The van der Waals surface area contributed by atoms with E-state index in [1.807, 2.05) is 6.08 Å². The van der Waals surface area contributed by atoms with Gasteiger partial charge in [-0.25, -0.2) is 0 Å². The topological polar surface area (TPSA) is 0 Å². The highest BCUT2D eigenvalue weighted by molar-refractivity contribution is 5.35. The molecular formula is C17H22. The molecule has 90 valence electrons. The van der Waals surface area contributed by atoms with E-state index in [9.17, 15) is 0 Å². The lowest BCUT2D eigenvalue weighted by molar-refractivity contribution is 1.06. The predicted molar refractivity (Wildman–Crippen MR) is 77.2 cm³/mol. The third-order valence-electron chi connectivity index (χ3n) is 2.79. The molecule has 0 saturated heterocycles. The molecule has 1 aromatic rings. The molecule has 0 N–H and O–H groups in total. The Bertz CT molecular complexity index is 408. The molecule has 0 radical (unpaired) electrons. The number of rotatable bonds is 6. The normalized spacial score (nSPS) is 12.0. The number of aryl methyl sites for hydroxylation is 1. The second-order valence-corrected chi connectivity index (χ2v) is 4.09. The van der Waals surface area contributed by atoms with Crippen molar-refractivity contribution in [2.45, 2.75) is 33.1 Å². The average Bonchev–Trinajstić information content (AvgIpc) is 2.37. The van der Waals surface area contributed by atoms with Crippen LogP contribution in [0, 0.1) is 0 Å². The van der Waals surface area contributed by atoms with Gasteiger partial charge in [-0.2, -0.15) is 0 Å². The average molecular weight is 226 g/mol. The summed E-state index contributed by atoms with van der Waals surface area (Å²) in [5.74, 6) is 0. The first kappa shape index (κ1) is 13.5. The van der Waals surface area contributed by atoms with Crippen molar-refractivity contribution >= 4 is 0 Å². The lowest BCUT2D eigenvalue weighted by Crippen LogP contribution is -1.94. The Hall–Kier alpha value is -1.56. The molecule has 0 heteroatoms. The fraction of sp³-hybridized carbons (Fsp3) is 0.294. The monoisotopic (exact) mass is 226 g/mol. The predicted octanol–water partition coefficient (Wildman–Crippen LogP) is 4.87. The van der Waals surface area contributed by atoms with E-state index in [1.165, 1.54) is 16.7 Å². The van der Waals surface area contributed by atoms with Crippen LogP contribution in [-0.2, 0) is 12.8 Å². The second kappa shape index (κ2) is 7.67. The van der Waals surface area contributed by atoms with Crippen molar-refractivity contribution in [2.24, 2.45) is 0 Å². The van der Waals surface area contributed by atoms with Crippen LogP contribution in [-0.4, -0.2) is 0 Å². The molecule has 0 nitrogen and oxygen atoms in total. The molecule has 0 saturated carbocycles. The van der Waals surface area contributed by atoms with Gasteiger partial charge in [0.15, 0.2) is 0 Å². The Labute approximate surface area is 105 Å². The van der Waals surface area contributed by atoms with Gasteiger partial charge in [0.05, 0.1) is 0 Å². The zero-order valence-corrected chi connectivity index (χ0v) is 10.9. The zero-order valence-electron chi connectivity index (χ0n) is 10.9. The van der Waals surface area contributed by atoms with Gasteiger partial charge in [-0.3, -0.25) is 0 Å². The molecule has 17 heavy (non-hydrogen) atoms. The van der Waals surface area contributed by atoms with Gasteiger partial charge >= 0.3 is 0 Å². The van der Waals surface area contributed by atoms with E-state index in [0.29, 0.717) is 0 Å². The minimum atomic E-state index is 0.993. The molecular weight excluding hydrogens is 204 g/mol. The first-order valence-corrected chi connectivity index (χ1v) is 6.36. The van der Waals surface area contributed by atoms with Crippen molar-refractivity contribution in [1.29, 1.82) is 0 Å².